The molecule has 3 N–H and O–H groups in total. The number of halogens is 2. The summed E-state index contributed by atoms with van der Waals surface area (Å²) in [5.41, 5.74) is 4.05. The van der Waals surface area contributed by atoms with Crippen LogP contribution in [0.25, 0.3) is 11.1 Å². The van der Waals surface area contributed by atoms with Gasteiger partial charge in [0.15, 0.2) is 0 Å². The van der Waals surface area contributed by atoms with Gasteiger partial charge in [0.1, 0.15) is 6.61 Å². The third kappa shape index (κ3) is 5.01. The van der Waals surface area contributed by atoms with Crippen molar-refractivity contribution in [2.24, 2.45) is 5.92 Å². The van der Waals surface area contributed by atoms with E-state index < -0.39 is 42.5 Å². The number of aliphatic carboxylic acids is 1. The minimum atomic E-state index is -3.88. The van der Waals surface area contributed by atoms with Crippen LogP contribution in [0.1, 0.15) is 23.5 Å². The molecule has 2 atom stereocenters. The van der Waals surface area contributed by atoms with Crippen LogP contribution in [0, 0.1) is 5.92 Å². The van der Waals surface area contributed by atoms with E-state index in [9.17, 15) is 23.2 Å². The minimum absolute atomic E-state index is 0.0321. The standard InChI is InChI=1S/C24H24F2N2O6/c25-24(26,22(31)27-10-15-9-14(11-33-15)21(29)30)13-28-23(32)34-12-20-18-7-3-1-5-16(18)17-6-2-4-8-19(17)20/h1-8,14-15,20H,9-13H2,(H,27,31)(H,28,32)(H,29,30)/t14-,15-/m0/s1. The first-order valence-corrected chi connectivity index (χ1v) is 10.9. The van der Waals surface area contributed by atoms with Crippen LogP contribution < -0.4 is 10.6 Å². The molecule has 4 rings (SSSR count). The molecule has 0 radical (unpaired) electrons. The van der Waals surface area contributed by atoms with E-state index in [0.29, 0.717) is 0 Å². The van der Waals surface area contributed by atoms with E-state index in [1.54, 1.807) is 0 Å². The highest BCUT2D eigenvalue weighted by atomic mass is 19.3. The van der Waals surface area contributed by atoms with Crippen molar-refractivity contribution >= 4 is 18.0 Å². The summed E-state index contributed by atoms with van der Waals surface area (Å²) >= 11 is 0. The van der Waals surface area contributed by atoms with Crippen molar-refractivity contribution in [3.05, 3.63) is 59.7 Å². The Kier molecular flexibility index (Phi) is 6.78. The predicted molar refractivity (Wildman–Crippen MR) is 117 cm³/mol. The summed E-state index contributed by atoms with van der Waals surface area (Å²) in [6.45, 7) is -1.56. The minimum Gasteiger partial charge on any atom is -0.481 e. The number of alkyl carbamates (subject to hydrolysis) is 1. The summed E-state index contributed by atoms with van der Waals surface area (Å²) in [6.07, 6.45) is -1.59. The van der Waals surface area contributed by atoms with E-state index in [1.807, 2.05) is 59.2 Å². The quantitative estimate of drug-likeness (QED) is 0.542. The second-order valence-corrected chi connectivity index (χ2v) is 8.32. The summed E-state index contributed by atoms with van der Waals surface area (Å²) in [7, 11) is 0. The number of rotatable bonds is 8. The number of alkyl halides is 2. The number of nitrogens with one attached hydrogen (secondary N) is 2. The first-order chi connectivity index (χ1) is 16.3. The number of ether oxygens (including phenoxy) is 2. The molecule has 8 nitrogen and oxygen atoms in total. The van der Waals surface area contributed by atoms with Crippen LogP contribution >= 0.6 is 0 Å². The molecule has 2 aromatic rings. The van der Waals surface area contributed by atoms with Crippen LogP contribution in [0.4, 0.5) is 13.6 Å². The molecule has 0 saturated carbocycles. The Bertz CT molecular complexity index is 1050. The summed E-state index contributed by atoms with van der Waals surface area (Å²) in [6, 6.07) is 15.4. The Morgan fingerprint density at radius 3 is 2.24 bits per heavy atom. The van der Waals surface area contributed by atoms with Gasteiger partial charge in [0.2, 0.25) is 0 Å². The van der Waals surface area contributed by atoms with Crippen molar-refractivity contribution in [2.75, 3.05) is 26.3 Å². The van der Waals surface area contributed by atoms with Gasteiger partial charge >= 0.3 is 18.0 Å². The van der Waals surface area contributed by atoms with Crippen molar-refractivity contribution in [3.8, 4) is 11.1 Å². The molecule has 0 unspecified atom stereocenters. The van der Waals surface area contributed by atoms with Gasteiger partial charge in [-0.1, -0.05) is 48.5 Å². The van der Waals surface area contributed by atoms with Crippen molar-refractivity contribution in [1.82, 2.24) is 10.6 Å². The molecular weight excluding hydrogens is 450 g/mol. The van der Waals surface area contributed by atoms with Crippen LogP contribution in [0.3, 0.4) is 0 Å². The second-order valence-electron chi connectivity index (χ2n) is 8.32. The second kappa shape index (κ2) is 9.76. The highest BCUT2D eigenvalue weighted by Crippen LogP contribution is 2.44. The van der Waals surface area contributed by atoms with Crippen LogP contribution in [0.5, 0.6) is 0 Å². The fourth-order valence-corrected chi connectivity index (χ4v) is 4.27. The molecule has 2 amide bonds. The molecule has 1 heterocycles. The zero-order valence-corrected chi connectivity index (χ0v) is 18.1. The number of carbonyl (C=O) groups is 3. The molecule has 1 aliphatic heterocycles. The van der Waals surface area contributed by atoms with E-state index >= 15 is 0 Å². The molecule has 0 aromatic heterocycles. The van der Waals surface area contributed by atoms with E-state index in [-0.39, 0.29) is 32.1 Å². The molecule has 2 aromatic carbocycles. The number of carboxylic acid groups (broad SMARTS) is 1. The number of carbonyl (C=O) groups excluding carboxylic acids is 2. The lowest BCUT2D eigenvalue weighted by Gasteiger charge is -2.19. The summed E-state index contributed by atoms with van der Waals surface area (Å²) in [4.78, 5) is 34.9. The largest absolute Gasteiger partial charge is 0.481 e. The van der Waals surface area contributed by atoms with E-state index in [1.165, 1.54) is 0 Å². The number of fused-ring (bicyclic) bond motifs is 3. The number of hydrogen-bond acceptors (Lipinski definition) is 5. The van der Waals surface area contributed by atoms with Crippen molar-refractivity contribution in [3.63, 3.8) is 0 Å². The molecule has 180 valence electrons. The number of carboxylic acids is 1. The van der Waals surface area contributed by atoms with Gasteiger partial charge in [0, 0.05) is 12.5 Å². The maximum Gasteiger partial charge on any atom is 0.407 e. The summed E-state index contributed by atoms with van der Waals surface area (Å²) in [5.74, 6) is -7.45. The van der Waals surface area contributed by atoms with Gasteiger partial charge in [0.25, 0.3) is 5.91 Å². The van der Waals surface area contributed by atoms with Crippen molar-refractivity contribution < 1.29 is 37.7 Å². The molecule has 1 fully saturated rings. The average Bonchev–Trinajstić information content (AvgIpc) is 3.43. The Hall–Kier alpha value is -3.53. The van der Waals surface area contributed by atoms with Gasteiger partial charge in [-0.2, -0.15) is 8.78 Å². The maximum absolute atomic E-state index is 14.2. The van der Waals surface area contributed by atoms with Crippen LogP contribution in [0.15, 0.2) is 48.5 Å². The summed E-state index contributed by atoms with van der Waals surface area (Å²) in [5, 5.41) is 12.9. The molecule has 1 aliphatic carbocycles. The third-order valence-electron chi connectivity index (χ3n) is 6.05. The highest BCUT2D eigenvalue weighted by Gasteiger charge is 2.40. The molecule has 0 bridgehead atoms. The Morgan fingerprint density at radius 2 is 1.65 bits per heavy atom. The van der Waals surface area contributed by atoms with Gasteiger partial charge in [-0.3, -0.25) is 9.59 Å². The Balaban J connectivity index is 1.25. The number of benzene rings is 2. The first-order valence-electron chi connectivity index (χ1n) is 10.9. The predicted octanol–water partition coefficient (Wildman–Crippen LogP) is 2.77. The fraction of sp³-hybridized carbons (Fsp3) is 0.375. The van der Waals surface area contributed by atoms with Gasteiger partial charge in [-0.15, -0.1) is 0 Å². The lowest BCUT2D eigenvalue weighted by Crippen LogP contribution is -2.49. The lowest BCUT2D eigenvalue weighted by molar-refractivity contribution is -0.145. The molecule has 0 spiro atoms. The van der Waals surface area contributed by atoms with Gasteiger partial charge in [-0.25, -0.2) is 4.79 Å². The van der Waals surface area contributed by atoms with Gasteiger partial charge in [-0.05, 0) is 28.7 Å². The van der Waals surface area contributed by atoms with E-state index in [4.69, 9.17) is 14.6 Å². The van der Waals surface area contributed by atoms with E-state index in [2.05, 4.69) is 0 Å². The van der Waals surface area contributed by atoms with Crippen molar-refractivity contribution in [1.29, 1.82) is 0 Å². The summed E-state index contributed by atoms with van der Waals surface area (Å²) < 4.78 is 38.7. The van der Waals surface area contributed by atoms with Crippen LogP contribution in [-0.4, -0.2) is 61.4 Å². The van der Waals surface area contributed by atoms with E-state index in [0.717, 1.165) is 22.3 Å². The first kappa shape index (κ1) is 23.6. The van der Waals surface area contributed by atoms with Crippen molar-refractivity contribution in [2.45, 2.75) is 24.4 Å². The lowest BCUT2D eigenvalue weighted by atomic mass is 9.98. The van der Waals surface area contributed by atoms with Gasteiger partial charge in [0.05, 0.1) is 25.2 Å². The number of amides is 2. The SMILES string of the molecule is O=C(NCC(F)(F)C(=O)NC[C@@H]1C[C@H](C(=O)O)CO1)OCC1c2ccccc2-c2ccccc21. The topological polar surface area (TPSA) is 114 Å². The normalized spacial score (nSPS) is 19.2. The number of hydrogen-bond donors (Lipinski definition) is 3. The third-order valence-corrected chi connectivity index (χ3v) is 6.05. The highest BCUT2D eigenvalue weighted by molar-refractivity contribution is 5.84. The zero-order valence-electron chi connectivity index (χ0n) is 18.1. The monoisotopic (exact) mass is 474 g/mol. The average molecular weight is 474 g/mol. The molecule has 1 saturated heterocycles. The molecular formula is C24H24F2N2O6. The Labute approximate surface area is 194 Å². The zero-order chi connectivity index (χ0) is 24.3. The Morgan fingerprint density at radius 1 is 1.03 bits per heavy atom. The van der Waals surface area contributed by atoms with Crippen LogP contribution in [0.2, 0.25) is 0 Å². The maximum atomic E-state index is 14.2. The smallest absolute Gasteiger partial charge is 0.407 e. The molecule has 10 heteroatoms. The fourth-order valence-electron chi connectivity index (χ4n) is 4.27. The molecule has 34 heavy (non-hydrogen) atoms. The molecule has 2 aliphatic rings. The van der Waals surface area contributed by atoms with Crippen LogP contribution in [-0.2, 0) is 19.1 Å². The van der Waals surface area contributed by atoms with Gasteiger partial charge < -0.3 is 25.2 Å².